The zero-order chi connectivity index (χ0) is 10.6. The Morgan fingerprint density at radius 2 is 2.00 bits per heavy atom. The number of nitrogens with one attached hydrogen (secondary N) is 1. The molecule has 0 bridgehead atoms. The third kappa shape index (κ3) is 2.72. The molecular formula is C12H20N2. The monoisotopic (exact) mass is 192 g/mol. The first kappa shape index (κ1) is 11.0. The summed E-state index contributed by atoms with van der Waals surface area (Å²) in [4.78, 5) is 4.18. The number of aryl methyl sites for hydroxylation is 1. The molecule has 0 saturated carbocycles. The lowest BCUT2D eigenvalue weighted by Gasteiger charge is -2.29. The maximum absolute atomic E-state index is 4.18. The van der Waals surface area contributed by atoms with Gasteiger partial charge in [-0.25, -0.2) is 0 Å². The van der Waals surface area contributed by atoms with Crippen LogP contribution in [0.3, 0.4) is 0 Å². The molecule has 2 nitrogen and oxygen atoms in total. The third-order valence-corrected chi connectivity index (χ3v) is 2.90. The summed E-state index contributed by atoms with van der Waals surface area (Å²) in [6, 6.07) is 4.11. The van der Waals surface area contributed by atoms with Gasteiger partial charge >= 0.3 is 0 Å². The van der Waals surface area contributed by atoms with E-state index in [0.717, 1.165) is 18.5 Å². The molecule has 0 spiro atoms. The van der Waals surface area contributed by atoms with E-state index >= 15 is 0 Å². The van der Waals surface area contributed by atoms with Crippen LogP contribution in [0.15, 0.2) is 18.3 Å². The number of rotatable bonds is 4. The molecular weight excluding hydrogens is 172 g/mol. The lowest BCUT2D eigenvalue weighted by molar-refractivity contribution is 0.478. The van der Waals surface area contributed by atoms with Crippen molar-refractivity contribution in [1.82, 2.24) is 4.98 Å². The summed E-state index contributed by atoms with van der Waals surface area (Å²) in [7, 11) is 0. The summed E-state index contributed by atoms with van der Waals surface area (Å²) < 4.78 is 0. The van der Waals surface area contributed by atoms with Crippen molar-refractivity contribution in [2.75, 3.05) is 5.32 Å². The number of hydrogen-bond donors (Lipinski definition) is 1. The first-order chi connectivity index (χ1) is 6.59. The fourth-order valence-corrected chi connectivity index (χ4v) is 1.40. The molecule has 0 aliphatic heterocycles. The summed E-state index contributed by atoms with van der Waals surface area (Å²) >= 11 is 0. The van der Waals surface area contributed by atoms with Crippen molar-refractivity contribution < 1.29 is 0 Å². The van der Waals surface area contributed by atoms with Crippen LogP contribution in [0, 0.1) is 6.92 Å². The molecule has 1 heterocycles. The minimum Gasteiger partial charge on any atom is -0.380 e. The maximum atomic E-state index is 4.18. The topological polar surface area (TPSA) is 24.9 Å². The predicted molar refractivity (Wildman–Crippen MR) is 61.6 cm³/mol. The van der Waals surface area contributed by atoms with Crippen molar-refractivity contribution in [1.29, 1.82) is 0 Å². The quantitative estimate of drug-likeness (QED) is 0.791. The van der Waals surface area contributed by atoms with Crippen molar-refractivity contribution in [3.8, 4) is 0 Å². The molecule has 0 unspecified atom stereocenters. The largest absolute Gasteiger partial charge is 0.380 e. The van der Waals surface area contributed by atoms with Crippen LogP contribution in [0.25, 0.3) is 0 Å². The lowest BCUT2D eigenvalue weighted by Crippen LogP contribution is -2.32. The Labute approximate surface area is 86.8 Å². The zero-order valence-corrected chi connectivity index (χ0v) is 9.59. The molecule has 0 fully saturated rings. The molecule has 0 amide bonds. The van der Waals surface area contributed by atoms with Crippen LogP contribution in [0.4, 0.5) is 5.69 Å². The summed E-state index contributed by atoms with van der Waals surface area (Å²) in [5.74, 6) is 0. The highest BCUT2D eigenvalue weighted by Crippen LogP contribution is 2.21. The van der Waals surface area contributed by atoms with Crippen LogP contribution in [-0.4, -0.2) is 10.5 Å². The Balaban J connectivity index is 2.77. The molecule has 1 aromatic heterocycles. The van der Waals surface area contributed by atoms with Gasteiger partial charge in [0.2, 0.25) is 0 Å². The SMILES string of the molecule is CCC(C)(CC)Nc1ccnc(C)c1. The standard InChI is InChI=1S/C12H20N2/c1-5-12(4,6-2)14-11-7-8-13-10(3)9-11/h7-9H,5-6H2,1-4H3,(H,13,14). The summed E-state index contributed by atoms with van der Waals surface area (Å²) in [5, 5.41) is 3.56. The van der Waals surface area contributed by atoms with E-state index in [1.807, 2.05) is 19.2 Å². The van der Waals surface area contributed by atoms with E-state index < -0.39 is 0 Å². The van der Waals surface area contributed by atoms with Crippen molar-refractivity contribution in [2.24, 2.45) is 0 Å². The average molecular weight is 192 g/mol. The van der Waals surface area contributed by atoms with E-state index in [0.29, 0.717) is 0 Å². The molecule has 0 saturated heterocycles. The van der Waals surface area contributed by atoms with Crippen molar-refractivity contribution in [3.63, 3.8) is 0 Å². The van der Waals surface area contributed by atoms with E-state index in [1.165, 1.54) is 5.69 Å². The Kier molecular flexibility index (Phi) is 3.50. The van der Waals surface area contributed by atoms with Crippen LogP contribution >= 0.6 is 0 Å². The first-order valence-corrected chi connectivity index (χ1v) is 5.30. The van der Waals surface area contributed by atoms with Gasteiger partial charge in [0.1, 0.15) is 0 Å². The highest BCUT2D eigenvalue weighted by Gasteiger charge is 2.18. The molecule has 0 aliphatic carbocycles. The number of nitrogens with zero attached hydrogens (tertiary/aromatic N) is 1. The normalized spacial score (nSPS) is 11.4. The fraction of sp³-hybridized carbons (Fsp3) is 0.583. The Hall–Kier alpha value is -1.05. The lowest BCUT2D eigenvalue weighted by atomic mass is 9.95. The summed E-state index contributed by atoms with van der Waals surface area (Å²) in [5.41, 5.74) is 2.43. The van der Waals surface area contributed by atoms with Gasteiger partial charge in [-0.15, -0.1) is 0 Å². The van der Waals surface area contributed by atoms with Gasteiger partial charge in [0, 0.05) is 23.1 Å². The molecule has 2 heteroatoms. The van der Waals surface area contributed by atoms with Gasteiger partial charge in [-0.1, -0.05) is 13.8 Å². The van der Waals surface area contributed by atoms with Crippen LogP contribution in [0.1, 0.15) is 39.3 Å². The summed E-state index contributed by atoms with van der Waals surface area (Å²) in [6.45, 7) is 8.69. The van der Waals surface area contributed by atoms with Gasteiger partial charge < -0.3 is 5.32 Å². The van der Waals surface area contributed by atoms with Gasteiger partial charge in [0.15, 0.2) is 0 Å². The van der Waals surface area contributed by atoms with E-state index in [9.17, 15) is 0 Å². The molecule has 1 N–H and O–H groups in total. The molecule has 78 valence electrons. The molecule has 0 atom stereocenters. The Morgan fingerprint density at radius 3 is 2.50 bits per heavy atom. The van der Waals surface area contributed by atoms with E-state index in [-0.39, 0.29) is 5.54 Å². The fourth-order valence-electron chi connectivity index (χ4n) is 1.40. The predicted octanol–water partition coefficient (Wildman–Crippen LogP) is 3.38. The third-order valence-electron chi connectivity index (χ3n) is 2.90. The van der Waals surface area contributed by atoms with Gasteiger partial charge in [0.05, 0.1) is 0 Å². The smallest absolute Gasteiger partial charge is 0.0393 e. The Morgan fingerprint density at radius 1 is 1.36 bits per heavy atom. The van der Waals surface area contributed by atoms with Crippen LogP contribution in [0.5, 0.6) is 0 Å². The number of anilines is 1. The minimum atomic E-state index is 0.202. The van der Waals surface area contributed by atoms with Gasteiger partial charge in [-0.05, 0) is 38.8 Å². The molecule has 14 heavy (non-hydrogen) atoms. The second-order valence-electron chi connectivity index (χ2n) is 4.08. The average Bonchev–Trinajstić information content (AvgIpc) is 2.18. The minimum absolute atomic E-state index is 0.202. The van der Waals surface area contributed by atoms with Gasteiger partial charge in [0.25, 0.3) is 0 Å². The zero-order valence-electron chi connectivity index (χ0n) is 9.59. The van der Waals surface area contributed by atoms with E-state index in [2.05, 4.69) is 37.1 Å². The second kappa shape index (κ2) is 4.45. The van der Waals surface area contributed by atoms with E-state index in [4.69, 9.17) is 0 Å². The van der Waals surface area contributed by atoms with Crippen LogP contribution in [0.2, 0.25) is 0 Å². The van der Waals surface area contributed by atoms with E-state index in [1.54, 1.807) is 0 Å². The molecule has 0 radical (unpaired) electrons. The first-order valence-electron chi connectivity index (χ1n) is 5.30. The van der Waals surface area contributed by atoms with Crippen molar-refractivity contribution >= 4 is 5.69 Å². The molecule has 0 aromatic carbocycles. The highest BCUT2D eigenvalue weighted by atomic mass is 15.0. The van der Waals surface area contributed by atoms with Crippen molar-refractivity contribution in [3.05, 3.63) is 24.0 Å². The Bertz CT molecular complexity index is 290. The molecule has 1 aromatic rings. The van der Waals surface area contributed by atoms with Crippen molar-refractivity contribution in [2.45, 2.75) is 46.1 Å². The van der Waals surface area contributed by atoms with Gasteiger partial charge in [-0.3, -0.25) is 4.98 Å². The maximum Gasteiger partial charge on any atom is 0.0393 e. The highest BCUT2D eigenvalue weighted by molar-refractivity contribution is 5.45. The van der Waals surface area contributed by atoms with Crippen LogP contribution in [-0.2, 0) is 0 Å². The number of pyridine rings is 1. The number of hydrogen-bond acceptors (Lipinski definition) is 2. The van der Waals surface area contributed by atoms with Crippen LogP contribution < -0.4 is 5.32 Å². The molecule has 1 rings (SSSR count). The number of aromatic nitrogens is 1. The second-order valence-corrected chi connectivity index (χ2v) is 4.08. The van der Waals surface area contributed by atoms with Gasteiger partial charge in [-0.2, -0.15) is 0 Å². The summed E-state index contributed by atoms with van der Waals surface area (Å²) in [6.07, 6.45) is 4.11. The molecule has 0 aliphatic rings.